The number of hydrogen-bond acceptors (Lipinski definition) is 8. The van der Waals surface area contributed by atoms with Crippen LogP contribution in [0.1, 0.15) is 44.1 Å². The van der Waals surface area contributed by atoms with Gasteiger partial charge in [0.1, 0.15) is 23.5 Å². The molecular weight excluding hydrogens is 656 g/mol. The van der Waals surface area contributed by atoms with Gasteiger partial charge in [0.2, 0.25) is 5.95 Å². The molecule has 2 aliphatic carbocycles. The first-order valence-corrected chi connectivity index (χ1v) is 15.1. The number of nitrogens with zero attached hydrogens (tertiary/aromatic N) is 8. The van der Waals surface area contributed by atoms with Crippen LogP contribution in [-0.4, -0.2) is 70.7 Å². The Morgan fingerprint density at radius 2 is 1.74 bits per heavy atom. The average molecular weight is 684 g/mol. The zero-order valence-electron chi connectivity index (χ0n) is 24.5. The molecule has 2 amide bonds. The standard InChI is InChI=1S/C28H28ClF6N11O/c29-20-9-40-44-24(20)23-19(28(33,34)35)8-38-25(43-23)42-17-3-5-18(6-4-17)46(26(47)39-14-27(30,31)32)22-11-36-21(10-37-22)16-7-41-45(13-16)12-15-1-2-15/h7-11,13,15,17-18H,1-6,12,14H2,(H,39,47)(H,40,44)(H,38,42,43)/t17-,18-. The van der Waals surface area contributed by atoms with Crippen molar-refractivity contribution in [1.82, 2.24) is 45.2 Å². The van der Waals surface area contributed by atoms with Crippen molar-refractivity contribution in [2.45, 2.75) is 69.5 Å². The van der Waals surface area contributed by atoms with Gasteiger partial charge in [-0.15, -0.1) is 0 Å². The molecule has 4 aromatic heterocycles. The SMILES string of the molecule is O=C(NCC(F)(F)F)N(c1cnc(-c2cnn(CC3CC3)c2)cn1)[C@H]1CC[C@H](Nc2ncc(C(F)(F)F)c(-c3n[nH]cc3Cl)n2)CC1. The molecule has 6 rings (SSSR count). The van der Waals surface area contributed by atoms with Gasteiger partial charge in [-0.1, -0.05) is 11.6 Å². The Morgan fingerprint density at radius 3 is 2.36 bits per heavy atom. The molecular formula is C28H28ClF6N11O. The highest BCUT2D eigenvalue weighted by molar-refractivity contribution is 6.32. The van der Waals surface area contributed by atoms with Crippen molar-refractivity contribution in [2.75, 3.05) is 16.8 Å². The monoisotopic (exact) mass is 683 g/mol. The third-order valence-corrected chi connectivity index (χ3v) is 8.21. The van der Waals surface area contributed by atoms with Crippen molar-refractivity contribution in [3.8, 4) is 22.6 Å². The molecule has 0 bridgehead atoms. The van der Waals surface area contributed by atoms with E-state index in [1.807, 2.05) is 16.2 Å². The fraction of sp³-hybridized carbons (Fsp3) is 0.464. The summed E-state index contributed by atoms with van der Waals surface area (Å²) in [5, 5.41) is 15.4. The van der Waals surface area contributed by atoms with Gasteiger partial charge in [0, 0.05) is 42.8 Å². The third kappa shape index (κ3) is 7.91. The highest BCUT2D eigenvalue weighted by Crippen LogP contribution is 2.38. The van der Waals surface area contributed by atoms with Crippen LogP contribution in [-0.2, 0) is 12.7 Å². The molecule has 2 fully saturated rings. The van der Waals surface area contributed by atoms with E-state index in [1.54, 1.807) is 6.20 Å². The predicted molar refractivity (Wildman–Crippen MR) is 157 cm³/mol. The van der Waals surface area contributed by atoms with Crippen molar-refractivity contribution in [3.63, 3.8) is 0 Å². The maximum absolute atomic E-state index is 13.7. The number of amides is 2. The molecule has 4 aromatic rings. The summed E-state index contributed by atoms with van der Waals surface area (Å²) in [4.78, 5) is 30.9. The number of halogens is 7. The molecule has 47 heavy (non-hydrogen) atoms. The van der Waals surface area contributed by atoms with Crippen molar-refractivity contribution >= 4 is 29.4 Å². The van der Waals surface area contributed by atoms with Gasteiger partial charge in [-0.3, -0.25) is 19.7 Å². The van der Waals surface area contributed by atoms with Crippen molar-refractivity contribution < 1.29 is 31.1 Å². The molecule has 2 saturated carbocycles. The van der Waals surface area contributed by atoms with Crippen LogP contribution in [0, 0.1) is 5.92 Å². The summed E-state index contributed by atoms with van der Waals surface area (Å²) in [6.07, 6.45) is 2.53. The first kappa shape index (κ1) is 32.5. The maximum atomic E-state index is 13.7. The second-order valence-electron chi connectivity index (χ2n) is 11.5. The second-order valence-corrected chi connectivity index (χ2v) is 11.9. The van der Waals surface area contributed by atoms with E-state index in [9.17, 15) is 31.1 Å². The van der Waals surface area contributed by atoms with Gasteiger partial charge in [0.05, 0.1) is 29.3 Å². The summed E-state index contributed by atoms with van der Waals surface area (Å²) in [6.45, 7) is -0.723. The van der Waals surface area contributed by atoms with E-state index in [-0.39, 0.29) is 28.5 Å². The zero-order chi connectivity index (χ0) is 33.3. The van der Waals surface area contributed by atoms with Crippen LogP contribution >= 0.6 is 11.6 Å². The Kier molecular flexibility index (Phi) is 8.95. The number of aromatic amines is 1. The summed E-state index contributed by atoms with van der Waals surface area (Å²) in [5.41, 5.74) is -0.591. The number of aromatic nitrogens is 8. The molecule has 4 heterocycles. The molecule has 250 valence electrons. The number of H-pyrrole nitrogens is 1. The Morgan fingerprint density at radius 1 is 0.979 bits per heavy atom. The Hall–Kier alpha value is -4.48. The highest BCUT2D eigenvalue weighted by atomic mass is 35.5. The van der Waals surface area contributed by atoms with E-state index in [0.717, 1.165) is 6.54 Å². The maximum Gasteiger partial charge on any atom is 0.420 e. The Bertz CT molecular complexity index is 1700. The van der Waals surface area contributed by atoms with Crippen LogP contribution in [0.5, 0.6) is 0 Å². The minimum atomic E-state index is -4.76. The molecule has 0 radical (unpaired) electrons. The number of alkyl halides is 6. The molecule has 0 atom stereocenters. The summed E-state index contributed by atoms with van der Waals surface area (Å²) in [6, 6.07) is -1.84. The lowest BCUT2D eigenvalue weighted by molar-refractivity contribution is -0.137. The van der Waals surface area contributed by atoms with E-state index in [2.05, 4.69) is 40.5 Å². The van der Waals surface area contributed by atoms with Crippen molar-refractivity contribution in [3.05, 3.63) is 47.8 Å². The number of urea groups is 1. The van der Waals surface area contributed by atoms with E-state index in [4.69, 9.17) is 11.6 Å². The number of hydrogen-bond donors (Lipinski definition) is 3. The first-order valence-electron chi connectivity index (χ1n) is 14.7. The lowest BCUT2D eigenvalue weighted by Gasteiger charge is -2.36. The predicted octanol–water partition coefficient (Wildman–Crippen LogP) is 6.10. The number of anilines is 2. The third-order valence-electron chi connectivity index (χ3n) is 7.92. The van der Waals surface area contributed by atoms with E-state index >= 15 is 0 Å². The summed E-state index contributed by atoms with van der Waals surface area (Å²) >= 11 is 6.01. The zero-order valence-corrected chi connectivity index (χ0v) is 25.2. The van der Waals surface area contributed by atoms with Crippen molar-refractivity contribution in [1.29, 1.82) is 0 Å². The molecule has 0 aromatic carbocycles. The minimum Gasteiger partial charge on any atom is -0.351 e. The average Bonchev–Trinajstić information content (AvgIpc) is 3.53. The summed E-state index contributed by atoms with van der Waals surface area (Å²) in [7, 11) is 0. The van der Waals surface area contributed by atoms with Crippen LogP contribution < -0.4 is 15.5 Å². The normalized spacial score (nSPS) is 18.6. The minimum absolute atomic E-state index is 0.0515. The Labute approximate surface area is 268 Å². The first-order chi connectivity index (χ1) is 22.3. The second kappa shape index (κ2) is 13.0. The fourth-order valence-corrected chi connectivity index (χ4v) is 5.60. The molecule has 3 N–H and O–H groups in total. The van der Waals surface area contributed by atoms with Gasteiger partial charge in [0.15, 0.2) is 5.82 Å². The van der Waals surface area contributed by atoms with Gasteiger partial charge in [-0.25, -0.2) is 19.7 Å². The molecule has 0 aliphatic heterocycles. The molecule has 19 heteroatoms. The van der Waals surface area contributed by atoms with E-state index < -0.39 is 42.2 Å². The van der Waals surface area contributed by atoms with Crippen LogP contribution in [0.25, 0.3) is 22.6 Å². The topological polar surface area (TPSA) is 142 Å². The quantitative estimate of drug-likeness (QED) is 0.180. The Balaban J connectivity index is 1.16. The molecule has 0 spiro atoms. The summed E-state index contributed by atoms with van der Waals surface area (Å²) in [5.74, 6) is 0.602. The largest absolute Gasteiger partial charge is 0.420 e. The van der Waals surface area contributed by atoms with Gasteiger partial charge in [0.25, 0.3) is 0 Å². The van der Waals surface area contributed by atoms with Crippen LogP contribution in [0.3, 0.4) is 0 Å². The van der Waals surface area contributed by atoms with Crippen LogP contribution in [0.2, 0.25) is 5.02 Å². The summed E-state index contributed by atoms with van der Waals surface area (Å²) < 4.78 is 81.7. The molecule has 0 saturated heterocycles. The fourth-order valence-electron chi connectivity index (χ4n) is 5.41. The number of nitrogens with one attached hydrogen (secondary N) is 3. The lowest BCUT2D eigenvalue weighted by Crippen LogP contribution is -2.50. The van der Waals surface area contributed by atoms with Crippen molar-refractivity contribution in [2.24, 2.45) is 5.92 Å². The van der Waals surface area contributed by atoms with Gasteiger partial charge in [-0.2, -0.15) is 36.5 Å². The lowest BCUT2D eigenvalue weighted by atomic mass is 9.90. The van der Waals surface area contributed by atoms with E-state index in [0.29, 0.717) is 49.1 Å². The molecule has 12 nitrogen and oxygen atoms in total. The van der Waals surface area contributed by atoms with Gasteiger partial charge in [-0.05, 0) is 44.4 Å². The number of carbonyl (C=O) groups excluding carboxylic acids is 1. The van der Waals surface area contributed by atoms with Crippen LogP contribution in [0.4, 0.5) is 42.9 Å². The number of carbonyl (C=O) groups is 1. The van der Waals surface area contributed by atoms with E-state index in [1.165, 1.54) is 36.3 Å². The van der Waals surface area contributed by atoms with Gasteiger partial charge < -0.3 is 10.6 Å². The van der Waals surface area contributed by atoms with Crippen LogP contribution in [0.15, 0.2) is 37.2 Å². The van der Waals surface area contributed by atoms with Gasteiger partial charge >= 0.3 is 18.4 Å². The smallest absolute Gasteiger partial charge is 0.351 e. The highest BCUT2D eigenvalue weighted by Gasteiger charge is 2.38. The number of rotatable bonds is 9. The molecule has 0 unspecified atom stereocenters. The molecule has 2 aliphatic rings.